The number of rotatable bonds is 7. The number of benzene rings is 2. The SMILES string of the molecule is CS(=O)(=O)Nc1ccc(CCCNC(=O)c2ccc(F)cc2)cc1. The Labute approximate surface area is 141 Å². The highest BCUT2D eigenvalue weighted by molar-refractivity contribution is 7.92. The largest absolute Gasteiger partial charge is 0.352 e. The maximum Gasteiger partial charge on any atom is 0.251 e. The van der Waals surface area contributed by atoms with Crippen molar-refractivity contribution in [1.29, 1.82) is 0 Å². The zero-order valence-corrected chi connectivity index (χ0v) is 14.1. The quantitative estimate of drug-likeness (QED) is 0.754. The lowest BCUT2D eigenvalue weighted by Gasteiger charge is -2.07. The van der Waals surface area contributed by atoms with Crippen molar-refractivity contribution in [2.45, 2.75) is 12.8 Å². The fourth-order valence-corrected chi connectivity index (χ4v) is 2.72. The minimum absolute atomic E-state index is 0.234. The highest BCUT2D eigenvalue weighted by Crippen LogP contribution is 2.12. The molecule has 5 nitrogen and oxygen atoms in total. The second kappa shape index (κ2) is 7.92. The molecule has 2 rings (SSSR count). The van der Waals surface area contributed by atoms with Gasteiger partial charge in [-0.1, -0.05) is 12.1 Å². The number of halogens is 1. The molecule has 128 valence electrons. The molecule has 2 aromatic carbocycles. The number of carbonyl (C=O) groups excluding carboxylic acids is 1. The van der Waals surface area contributed by atoms with Crippen molar-refractivity contribution in [3.05, 3.63) is 65.5 Å². The first kappa shape index (κ1) is 17.9. The van der Waals surface area contributed by atoms with Crippen LogP contribution in [-0.4, -0.2) is 27.1 Å². The Balaban J connectivity index is 1.76. The molecule has 24 heavy (non-hydrogen) atoms. The third kappa shape index (κ3) is 6.00. The van der Waals surface area contributed by atoms with Crippen molar-refractivity contribution in [3.63, 3.8) is 0 Å². The average Bonchev–Trinajstić information content (AvgIpc) is 2.52. The van der Waals surface area contributed by atoms with E-state index in [4.69, 9.17) is 0 Å². The number of amides is 1. The lowest BCUT2D eigenvalue weighted by Crippen LogP contribution is -2.24. The van der Waals surface area contributed by atoms with Crippen molar-refractivity contribution < 1.29 is 17.6 Å². The van der Waals surface area contributed by atoms with Crippen LogP contribution >= 0.6 is 0 Å². The van der Waals surface area contributed by atoms with Crippen molar-refractivity contribution in [3.8, 4) is 0 Å². The van der Waals surface area contributed by atoms with E-state index in [9.17, 15) is 17.6 Å². The maximum absolute atomic E-state index is 12.8. The fourth-order valence-electron chi connectivity index (χ4n) is 2.15. The number of anilines is 1. The molecule has 0 spiro atoms. The van der Waals surface area contributed by atoms with Gasteiger partial charge in [-0.3, -0.25) is 9.52 Å². The number of sulfonamides is 1. The molecular weight excluding hydrogens is 331 g/mol. The minimum Gasteiger partial charge on any atom is -0.352 e. The monoisotopic (exact) mass is 350 g/mol. The molecule has 0 bridgehead atoms. The molecule has 1 amide bonds. The number of hydrogen-bond donors (Lipinski definition) is 2. The minimum atomic E-state index is -3.27. The summed E-state index contributed by atoms with van der Waals surface area (Å²) >= 11 is 0. The van der Waals surface area contributed by atoms with Crippen LogP contribution in [-0.2, 0) is 16.4 Å². The lowest BCUT2D eigenvalue weighted by atomic mass is 10.1. The van der Waals surface area contributed by atoms with E-state index in [1.165, 1.54) is 24.3 Å². The summed E-state index contributed by atoms with van der Waals surface area (Å²) < 4.78 is 37.4. The third-order valence-electron chi connectivity index (χ3n) is 3.29. The van der Waals surface area contributed by atoms with Gasteiger partial charge in [0.1, 0.15) is 5.82 Å². The molecule has 0 fully saturated rings. The lowest BCUT2D eigenvalue weighted by molar-refractivity contribution is 0.0953. The number of hydrogen-bond acceptors (Lipinski definition) is 3. The summed E-state index contributed by atoms with van der Waals surface area (Å²) in [4.78, 5) is 11.8. The zero-order valence-electron chi connectivity index (χ0n) is 13.3. The predicted molar refractivity (Wildman–Crippen MR) is 92.0 cm³/mol. The average molecular weight is 350 g/mol. The van der Waals surface area contributed by atoms with Crippen LogP contribution in [0, 0.1) is 5.82 Å². The molecule has 0 aromatic heterocycles. The van der Waals surface area contributed by atoms with Crippen LogP contribution in [0.3, 0.4) is 0 Å². The van der Waals surface area contributed by atoms with E-state index in [-0.39, 0.29) is 11.7 Å². The van der Waals surface area contributed by atoms with Crippen LogP contribution in [0.4, 0.5) is 10.1 Å². The standard InChI is InChI=1S/C17H19FN2O3S/c1-24(22,23)20-16-10-4-13(5-11-16)3-2-12-19-17(21)14-6-8-15(18)9-7-14/h4-11,20H,2-3,12H2,1H3,(H,19,21). The van der Waals surface area contributed by atoms with Crippen molar-refractivity contribution in [2.75, 3.05) is 17.5 Å². The first-order valence-corrected chi connectivity index (χ1v) is 9.33. The first-order chi connectivity index (χ1) is 11.3. The normalized spacial score (nSPS) is 11.1. The summed E-state index contributed by atoms with van der Waals surface area (Å²) in [6.45, 7) is 0.500. The van der Waals surface area contributed by atoms with Gasteiger partial charge in [-0.2, -0.15) is 0 Å². The van der Waals surface area contributed by atoms with Crippen molar-refractivity contribution in [1.82, 2.24) is 5.32 Å². The topological polar surface area (TPSA) is 75.3 Å². The smallest absolute Gasteiger partial charge is 0.251 e. The van der Waals surface area contributed by atoms with Gasteiger partial charge in [0.25, 0.3) is 5.91 Å². The molecule has 0 heterocycles. The van der Waals surface area contributed by atoms with Gasteiger partial charge in [0.05, 0.1) is 6.26 Å². The Morgan fingerprint density at radius 2 is 1.67 bits per heavy atom. The zero-order chi connectivity index (χ0) is 17.6. The Hall–Kier alpha value is -2.41. The van der Waals surface area contributed by atoms with Crippen LogP contribution < -0.4 is 10.0 Å². The van der Waals surface area contributed by atoms with Gasteiger partial charge in [0.2, 0.25) is 10.0 Å². The van der Waals surface area contributed by atoms with Gasteiger partial charge in [0.15, 0.2) is 0 Å². The fraction of sp³-hybridized carbons (Fsp3) is 0.235. The molecule has 0 atom stereocenters. The molecule has 0 aliphatic carbocycles. The molecule has 0 aliphatic heterocycles. The molecule has 0 aliphatic rings. The molecule has 2 N–H and O–H groups in total. The summed E-state index contributed by atoms with van der Waals surface area (Å²) in [5, 5.41) is 2.78. The van der Waals surface area contributed by atoms with Gasteiger partial charge in [-0.15, -0.1) is 0 Å². The van der Waals surface area contributed by atoms with Crippen LogP contribution in [0.25, 0.3) is 0 Å². The van der Waals surface area contributed by atoms with Crippen LogP contribution in [0.2, 0.25) is 0 Å². The second-order valence-electron chi connectivity index (χ2n) is 5.44. The van der Waals surface area contributed by atoms with Gasteiger partial charge in [0, 0.05) is 17.8 Å². The molecule has 2 aromatic rings. The Kier molecular flexibility index (Phi) is 5.92. The predicted octanol–water partition coefficient (Wildman–Crippen LogP) is 2.56. The van der Waals surface area contributed by atoms with E-state index in [1.807, 2.05) is 12.1 Å². The molecule has 0 radical (unpaired) electrons. The molecule has 0 saturated carbocycles. The summed E-state index contributed by atoms with van der Waals surface area (Å²) in [7, 11) is -3.27. The van der Waals surface area contributed by atoms with Crippen LogP contribution in [0.1, 0.15) is 22.3 Å². The van der Waals surface area contributed by atoms with Gasteiger partial charge >= 0.3 is 0 Å². The Bertz CT molecular complexity index is 788. The summed E-state index contributed by atoms with van der Waals surface area (Å²) in [5.41, 5.74) is 1.99. The van der Waals surface area contributed by atoms with E-state index in [0.29, 0.717) is 17.8 Å². The van der Waals surface area contributed by atoms with E-state index in [1.54, 1.807) is 12.1 Å². The highest BCUT2D eigenvalue weighted by atomic mass is 32.2. The molecular formula is C17H19FN2O3S. The summed E-state index contributed by atoms with van der Waals surface area (Å²) in [5.74, 6) is -0.608. The summed E-state index contributed by atoms with van der Waals surface area (Å²) in [6, 6.07) is 12.5. The van der Waals surface area contributed by atoms with Gasteiger partial charge in [-0.25, -0.2) is 12.8 Å². The third-order valence-corrected chi connectivity index (χ3v) is 3.90. The van der Waals surface area contributed by atoms with Crippen LogP contribution in [0.5, 0.6) is 0 Å². The van der Waals surface area contributed by atoms with Crippen molar-refractivity contribution in [2.24, 2.45) is 0 Å². The molecule has 0 saturated heterocycles. The Morgan fingerprint density at radius 1 is 1.04 bits per heavy atom. The van der Waals surface area contributed by atoms with E-state index >= 15 is 0 Å². The highest BCUT2D eigenvalue weighted by Gasteiger charge is 2.05. The van der Waals surface area contributed by atoms with Gasteiger partial charge < -0.3 is 5.32 Å². The molecule has 0 unspecified atom stereocenters. The number of aryl methyl sites for hydroxylation is 1. The summed E-state index contributed by atoms with van der Waals surface area (Å²) in [6.07, 6.45) is 2.60. The van der Waals surface area contributed by atoms with E-state index in [0.717, 1.165) is 24.7 Å². The maximum atomic E-state index is 12.8. The van der Waals surface area contributed by atoms with E-state index in [2.05, 4.69) is 10.0 Å². The number of nitrogens with one attached hydrogen (secondary N) is 2. The van der Waals surface area contributed by atoms with Crippen LogP contribution in [0.15, 0.2) is 48.5 Å². The second-order valence-corrected chi connectivity index (χ2v) is 7.19. The van der Waals surface area contributed by atoms with Gasteiger partial charge in [-0.05, 0) is 54.8 Å². The molecule has 7 heteroatoms. The van der Waals surface area contributed by atoms with Crippen molar-refractivity contribution >= 4 is 21.6 Å². The Morgan fingerprint density at radius 3 is 2.25 bits per heavy atom. The van der Waals surface area contributed by atoms with E-state index < -0.39 is 10.0 Å². The first-order valence-electron chi connectivity index (χ1n) is 7.44. The number of carbonyl (C=O) groups is 1.